The van der Waals surface area contributed by atoms with Gasteiger partial charge in [-0.05, 0) is 24.1 Å². The molecule has 0 saturated carbocycles. The smallest absolute Gasteiger partial charge is 0.223 e. The van der Waals surface area contributed by atoms with Crippen LogP contribution >= 0.6 is 0 Å². The molecule has 3 nitrogen and oxygen atoms in total. The van der Waals surface area contributed by atoms with Gasteiger partial charge in [-0.15, -0.1) is 0 Å². The molecule has 0 aliphatic rings. The van der Waals surface area contributed by atoms with Crippen molar-refractivity contribution in [2.75, 3.05) is 0 Å². The van der Waals surface area contributed by atoms with Crippen molar-refractivity contribution in [1.29, 1.82) is 0 Å². The molecule has 3 heteroatoms. The van der Waals surface area contributed by atoms with Crippen molar-refractivity contribution < 1.29 is 9.21 Å². The maximum atomic E-state index is 12.1. The summed E-state index contributed by atoms with van der Waals surface area (Å²) in [6.07, 6.45) is 2.45. The van der Waals surface area contributed by atoms with Crippen molar-refractivity contribution in [1.82, 2.24) is 5.32 Å². The topological polar surface area (TPSA) is 42.2 Å². The van der Waals surface area contributed by atoms with Crippen LogP contribution in [-0.4, -0.2) is 5.91 Å². The number of nitrogens with one attached hydrogen (secondary N) is 1. The van der Waals surface area contributed by atoms with Crippen LogP contribution in [0, 0.1) is 5.92 Å². The van der Waals surface area contributed by atoms with E-state index < -0.39 is 0 Å². The highest BCUT2D eigenvalue weighted by atomic mass is 16.3. The maximum Gasteiger partial charge on any atom is 0.223 e. The van der Waals surface area contributed by atoms with Crippen molar-refractivity contribution in [2.45, 2.75) is 26.3 Å². The van der Waals surface area contributed by atoms with Crippen LogP contribution < -0.4 is 5.32 Å². The molecule has 0 aliphatic carbocycles. The first-order chi connectivity index (χ1) is 9.22. The summed E-state index contributed by atoms with van der Waals surface area (Å²) in [5, 5.41) is 3.05. The molecule has 1 amide bonds. The van der Waals surface area contributed by atoms with E-state index >= 15 is 0 Å². The van der Waals surface area contributed by atoms with Gasteiger partial charge >= 0.3 is 0 Å². The van der Waals surface area contributed by atoms with E-state index in [0.717, 1.165) is 17.7 Å². The molecule has 0 spiro atoms. The van der Waals surface area contributed by atoms with Gasteiger partial charge in [0.05, 0.1) is 6.26 Å². The third-order valence-electron chi connectivity index (χ3n) is 3.31. The molecule has 2 rings (SSSR count). The monoisotopic (exact) mass is 257 g/mol. The fraction of sp³-hybridized carbons (Fsp3) is 0.312. The fourth-order valence-electron chi connectivity index (χ4n) is 1.89. The van der Waals surface area contributed by atoms with Gasteiger partial charge < -0.3 is 9.73 Å². The molecule has 0 aliphatic heterocycles. The standard InChI is InChI=1S/C16H19NO2/c1-3-12(2)16(18)17-15(14-10-7-11-19-14)13-8-5-4-6-9-13/h4-12,15H,3H2,1-2H3,(H,17,18). The van der Waals surface area contributed by atoms with E-state index in [-0.39, 0.29) is 17.9 Å². The largest absolute Gasteiger partial charge is 0.467 e. The number of hydrogen-bond donors (Lipinski definition) is 1. The molecule has 1 N–H and O–H groups in total. The Hall–Kier alpha value is -2.03. The number of furan rings is 1. The summed E-state index contributed by atoms with van der Waals surface area (Å²) in [6.45, 7) is 3.94. The van der Waals surface area contributed by atoms with Crippen molar-refractivity contribution in [3.05, 3.63) is 60.1 Å². The summed E-state index contributed by atoms with van der Waals surface area (Å²) >= 11 is 0. The third kappa shape index (κ3) is 3.25. The Morgan fingerprint density at radius 1 is 1.21 bits per heavy atom. The Morgan fingerprint density at radius 3 is 2.53 bits per heavy atom. The lowest BCUT2D eigenvalue weighted by molar-refractivity contribution is -0.125. The van der Waals surface area contributed by atoms with E-state index in [1.165, 1.54) is 0 Å². The Morgan fingerprint density at radius 2 is 1.95 bits per heavy atom. The van der Waals surface area contributed by atoms with Crippen LogP contribution in [0.25, 0.3) is 0 Å². The van der Waals surface area contributed by atoms with Gasteiger partial charge in [0.15, 0.2) is 0 Å². The number of carbonyl (C=O) groups excluding carboxylic acids is 1. The summed E-state index contributed by atoms with van der Waals surface area (Å²) in [7, 11) is 0. The molecule has 1 heterocycles. The van der Waals surface area contributed by atoms with Gasteiger partial charge in [0.2, 0.25) is 5.91 Å². The maximum absolute atomic E-state index is 12.1. The second-order valence-corrected chi connectivity index (χ2v) is 4.68. The zero-order chi connectivity index (χ0) is 13.7. The minimum Gasteiger partial charge on any atom is -0.467 e. The van der Waals surface area contributed by atoms with Gasteiger partial charge in [-0.1, -0.05) is 44.2 Å². The van der Waals surface area contributed by atoms with Crippen LogP contribution in [0.1, 0.15) is 37.6 Å². The highest BCUT2D eigenvalue weighted by Crippen LogP contribution is 2.23. The molecule has 0 bridgehead atoms. The summed E-state index contributed by atoms with van der Waals surface area (Å²) in [5.74, 6) is 0.803. The lowest BCUT2D eigenvalue weighted by atomic mass is 10.0. The van der Waals surface area contributed by atoms with Crippen LogP contribution in [0.2, 0.25) is 0 Å². The molecule has 0 fully saturated rings. The molecule has 0 saturated heterocycles. The van der Waals surface area contributed by atoms with E-state index in [1.54, 1.807) is 6.26 Å². The number of benzene rings is 1. The van der Waals surface area contributed by atoms with E-state index in [0.29, 0.717) is 0 Å². The third-order valence-corrected chi connectivity index (χ3v) is 3.31. The highest BCUT2D eigenvalue weighted by Gasteiger charge is 2.21. The van der Waals surface area contributed by atoms with Crippen LogP contribution in [0.3, 0.4) is 0 Å². The lowest BCUT2D eigenvalue weighted by Gasteiger charge is -2.19. The summed E-state index contributed by atoms with van der Waals surface area (Å²) in [6, 6.07) is 13.3. The number of amides is 1. The van der Waals surface area contributed by atoms with Crippen LogP contribution in [0.15, 0.2) is 53.1 Å². The van der Waals surface area contributed by atoms with Crippen LogP contribution in [0.5, 0.6) is 0 Å². The average Bonchev–Trinajstić information content (AvgIpc) is 2.98. The first kappa shape index (κ1) is 13.4. The molecule has 0 radical (unpaired) electrons. The zero-order valence-corrected chi connectivity index (χ0v) is 11.3. The molecular weight excluding hydrogens is 238 g/mol. The molecule has 1 aromatic heterocycles. The van der Waals surface area contributed by atoms with E-state index in [4.69, 9.17) is 4.42 Å². The van der Waals surface area contributed by atoms with Crippen molar-refractivity contribution >= 4 is 5.91 Å². The Labute approximate surface area is 113 Å². The van der Waals surface area contributed by atoms with E-state index in [2.05, 4.69) is 5.32 Å². The van der Waals surface area contributed by atoms with Gasteiger partial charge in [-0.2, -0.15) is 0 Å². The molecule has 2 unspecified atom stereocenters. The van der Waals surface area contributed by atoms with Gasteiger partial charge in [-0.25, -0.2) is 0 Å². The summed E-state index contributed by atoms with van der Waals surface area (Å²) in [4.78, 5) is 12.1. The van der Waals surface area contributed by atoms with Gasteiger partial charge in [-0.3, -0.25) is 4.79 Å². The second-order valence-electron chi connectivity index (χ2n) is 4.68. The minimum absolute atomic E-state index is 0.00109. The Balaban J connectivity index is 2.24. The van der Waals surface area contributed by atoms with Gasteiger partial charge in [0.25, 0.3) is 0 Å². The normalized spacial score (nSPS) is 13.8. The van der Waals surface area contributed by atoms with Gasteiger partial charge in [0.1, 0.15) is 11.8 Å². The fourth-order valence-corrected chi connectivity index (χ4v) is 1.89. The predicted octanol–water partition coefficient (Wildman–Crippen LogP) is 3.53. The zero-order valence-electron chi connectivity index (χ0n) is 11.3. The Bertz CT molecular complexity index is 505. The number of hydrogen-bond acceptors (Lipinski definition) is 2. The number of rotatable bonds is 5. The highest BCUT2D eigenvalue weighted by molar-refractivity contribution is 5.79. The first-order valence-electron chi connectivity index (χ1n) is 6.61. The molecule has 100 valence electrons. The summed E-state index contributed by atoms with van der Waals surface area (Å²) < 4.78 is 5.45. The lowest BCUT2D eigenvalue weighted by Crippen LogP contribution is -2.33. The Kier molecular flexibility index (Phi) is 4.39. The predicted molar refractivity (Wildman–Crippen MR) is 74.6 cm³/mol. The minimum atomic E-state index is -0.224. The SMILES string of the molecule is CCC(C)C(=O)NC(c1ccccc1)c1ccco1. The van der Waals surface area contributed by atoms with Crippen LogP contribution in [-0.2, 0) is 4.79 Å². The average molecular weight is 257 g/mol. The number of carbonyl (C=O) groups is 1. The second kappa shape index (κ2) is 6.23. The van der Waals surface area contributed by atoms with Gasteiger partial charge in [0, 0.05) is 5.92 Å². The first-order valence-corrected chi connectivity index (χ1v) is 6.61. The summed E-state index contributed by atoms with van der Waals surface area (Å²) in [5.41, 5.74) is 1.02. The quantitative estimate of drug-likeness (QED) is 0.890. The molecule has 2 atom stereocenters. The van der Waals surface area contributed by atoms with Crippen molar-refractivity contribution in [3.8, 4) is 0 Å². The van der Waals surface area contributed by atoms with Crippen molar-refractivity contribution in [2.24, 2.45) is 5.92 Å². The van der Waals surface area contributed by atoms with Crippen LogP contribution in [0.4, 0.5) is 0 Å². The molecule has 1 aromatic carbocycles. The van der Waals surface area contributed by atoms with E-state index in [9.17, 15) is 4.79 Å². The van der Waals surface area contributed by atoms with Crippen molar-refractivity contribution in [3.63, 3.8) is 0 Å². The molecule has 19 heavy (non-hydrogen) atoms. The molecular formula is C16H19NO2. The molecule has 2 aromatic rings. The van der Waals surface area contributed by atoms with E-state index in [1.807, 2.05) is 56.3 Å².